The third-order valence-corrected chi connectivity index (χ3v) is 5.52. The van der Waals surface area contributed by atoms with Crippen molar-refractivity contribution >= 4 is 22.4 Å². The fourth-order valence-corrected chi connectivity index (χ4v) is 3.85. The Bertz CT molecular complexity index is 1430. The Balaban J connectivity index is 1.48. The van der Waals surface area contributed by atoms with E-state index in [9.17, 15) is 4.39 Å². The highest BCUT2D eigenvalue weighted by Gasteiger charge is 2.16. The molecule has 0 saturated heterocycles. The molecule has 0 amide bonds. The van der Waals surface area contributed by atoms with Gasteiger partial charge in [0.15, 0.2) is 17.1 Å². The molecule has 0 fully saturated rings. The van der Waals surface area contributed by atoms with Crippen LogP contribution in [-0.2, 0) is 6.42 Å². The topological polar surface area (TPSA) is 73.6 Å². The standard InChI is InChI=1S/C25H22FN5O2/c1-32-21-12-7-16(15-22(21)33-2)13-14-27-24-19-5-3-4-6-20(19)31-25(28-24)23(29-30-31)17-8-10-18(26)11-9-17/h3-12,15H,13-14H2,1-2H3,(H,27,28). The van der Waals surface area contributed by atoms with E-state index in [-0.39, 0.29) is 5.82 Å². The Morgan fingerprint density at radius 1 is 0.939 bits per heavy atom. The molecule has 7 nitrogen and oxygen atoms in total. The number of nitrogens with zero attached hydrogens (tertiary/aromatic N) is 4. The van der Waals surface area contributed by atoms with Crippen molar-refractivity contribution in [2.75, 3.05) is 26.1 Å². The molecule has 0 aliphatic heterocycles. The van der Waals surface area contributed by atoms with Gasteiger partial charge in [0.2, 0.25) is 0 Å². The molecule has 0 radical (unpaired) electrons. The Morgan fingerprint density at radius 2 is 1.73 bits per heavy atom. The van der Waals surface area contributed by atoms with Crippen LogP contribution < -0.4 is 14.8 Å². The van der Waals surface area contributed by atoms with Crippen LogP contribution in [0.15, 0.2) is 66.7 Å². The number of aromatic nitrogens is 4. The summed E-state index contributed by atoms with van der Waals surface area (Å²) in [6, 6.07) is 20.0. The van der Waals surface area contributed by atoms with Crippen molar-refractivity contribution in [2.45, 2.75) is 6.42 Å². The first-order chi connectivity index (χ1) is 16.2. The number of fused-ring (bicyclic) bond motifs is 3. The van der Waals surface area contributed by atoms with E-state index < -0.39 is 0 Å². The average Bonchev–Trinajstić information content (AvgIpc) is 3.28. The lowest BCUT2D eigenvalue weighted by Gasteiger charge is -2.12. The molecule has 5 aromatic rings. The summed E-state index contributed by atoms with van der Waals surface area (Å²) in [5.41, 5.74) is 3.96. The van der Waals surface area contributed by atoms with Crippen molar-refractivity contribution in [1.29, 1.82) is 0 Å². The van der Waals surface area contributed by atoms with Crippen molar-refractivity contribution < 1.29 is 13.9 Å². The summed E-state index contributed by atoms with van der Waals surface area (Å²) >= 11 is 0. The van der Waals surface area contributed by atoms with Crippen molar-refractivity contribution in [3.8, 4) is 22.8 Å². The SMILES string of the molecule is COc1ccc(CCNc2nc3c(-c4ccc(F)cc4)nnn3c3ccccc23)cc1OC. The molecule has 0 saturated carbocycles. The van der Waals surface area contributed by atoms with Gasteiger partial charge in [0.05, 0.1) is 19.7 Å². The quantitative estimate of drug-likeness (QED) is 0.391. The minimum Gasteiger partial charge on any atom is -0.493 e. The molecule has 5 rings (SSSR count). The number of methoxy groups -OCH3 is 2. The zero-order valence-corrected chi connectivity index (χ0v) is 18.2. The molecule has 2 heterocycles. The number of rotatable bonds is 7. The number of halogens is 1. The van der Waals surface area contributed by atoms with Crippen LogP contribution in [0.25, 0.3) is 27.8 Å². The molecule has 0 unspecified atom stereocenters. The van der Waals surface area contributed by atoms with Crippen molar-refractivity contribution in [1.82, 2.24) is 19.8 Å². The minimum absolute atomic E-state index is 0.300. The summed E-state index contributed by atoms with van der Waals surface area (Å²) in [6.45, 7) is 0.663. The Hall–Kier alpha value is -4.20. The highest BCUT2D eigenvalue weighted by molar-refractivity contribution is 5.93. The van der Waals surface area contributed by atoms with E-state index in [4.69, 9.17) is 14.5 Å². The molecule has 166 valence electrons. The molecule has 33 heavy (non-hydrogen) atoms. The van der Waals surface area contributed by atoms with Gasteiger partial charge in [-0.15, -0.1) is 5.10 Å². The van der Waals surface area contributed by atoms with Gasteiger partial charge in [-0.2, -0.15) is 4.52 Å². The zero-order valence-electron chi connectivity index (χ0n) is 18.2. The van der Waals surface area contributed by atoms with E-state index in [2.05, 4.69) is 15.6 Å². The van der Waals surface area contributed by atoms with Crippen LogP contribution in [0.4, 0.5) is 10.2 Å². The summed E-state index contributed by atoms with van der Waals surface area (Å²) in [5.74, 6) is 1.85. The Kier molecular flexibility index (Phi) is 5.48. The molecule has 3 aromatic carbocycles. The van der Waals surface area contributed by atoms with Gasteiger partial charge in [-0.3, -0.25) is 0 Å². The molecule has 0 spiro atoms. The lowest BCUT2D eigenvalue weighted by atomic mass is 10.1. The number of hydrogen-bond acceptors (Lipinski definition) is 6. The highest BCUT2D eigenvalue weighted by atomic mass is 19.1. The number of benzene rings is 3. The van der Waals surface area contributed by atoms with Gasteiger partial charge in [-0.1, -0.05) is 23.4 Å². The summed E-state index contributed by atoms with van der Waals surface area (Å²) in [4.78, 5) is 4.84. The van der Waals surface area contributed by atoms with Gasteiger partial charge in [0, 0.05) is 17.5 Å². The second kappa shape index (κ2) is 8.74. The van der Waals surface area contributed by atoms with Gasteiger partial charge in [0.25, 0.3) is 0 Å². The maximum Gasteiger partial charge on any atom is 0.186 e. The van der Waals surface area contributed by atoms with Gasteiger partial charge < -0.3 is 14.8 Å². The second-order valence-corrected chi connectivity index (χ2v) is 7.52. The number of ether oxygens (including phenoxy) is 2. The van der Waals surface area contributed by atoms with E-state index in [1.54, 1.807) is 30.9 Å². The number of anilines is 1. The molecular formula is C25H22FN5O2. The Morgan fingerprint density at radius 3 is 2.52 bits per heavy atom. The predicted octanol–water partition coefficient (Wildman–Crippen LogP) is 4.76. The maximum absolute atomic E-state index is 13.4. The molecule has 8 heteroatoms. The van der Waals surface area contributed by atoms with E-state index in [1.165, 1.54) is 12.1 Å². The van der Waals surface area contributed by atoms with Crippen LogP contribution in [0.1, 0.15) is 5.56 Å². The van der Waals surface area contributed by atoms with Gasteiger partial charge >= 0.3 is 0 Å². The zero-order chi connectivity index (χ0) is 22.8. The van der Waals surface area contributed by atoms with Gasteiger partial charge in [-0.05, 0) is 60.5 Å². The molecule has 0 atom stereocenters. The van der Waals surface area contributed by atoms with Crippen LogP contribution in [0.3, 0.4) is 0 Å². The summed E-state index contributed by atoms with van der Waals surface area (Å²) < 4.78 is 25.8. The molecule has 2 aromatic heterocycles. The highest BCUT2D eigenvalue weighted by Crippen LogP contribution is 2.29. The first kappa shape index (κ1) is 20.7. The smallest absolute Gasteiger partial charge is 0.186 e. The summed E-state index contributed by atoms with van der Waals surface area (Å²) in [7, 11) is 3.25. The third kappa shape index (κ3) is 3.91. The largest absolute Gasteiger partial charge is 0.493 e. The number of para-hydroxylation sites is 1. The first-order valence-corrected chi connectivity index (χ1v) is 10.5. The lowest BCUT2D eigenvalue weighted by molar-refractivity contribution is 0.354. The first-order valence-electron chi connectivity index (χ1n) is 10.5. The predicted molar refractivity (Wildman–Crippen MR) is 125 cm³/mol. The lowest BCUT2D eigenvalue weighted by Crippen LogP contribution is -2.08. The summed E-state index contributed by atoms with van der Waals surface area (Å²) in [5, 5.41) is 13.0. The third-order valence-electron chi connectivity index (χ3n) is 5.52. The van der Waals surface area contributed by atoms with Crippen LogP contribution in [0, 0.1) is 5.82 Å². The molecule has 0 aliphatic carbocycles. The molecule has 0 bridgehead atoms. The van der Waals surface area contributed by atoms with Crippen molar-refractivity contribution in [2.24, 2.45) is 0 Å². The van der Waals surface area contributed by atoms with Crippen LogP contribution in [0.2, 0.25) is 0 Å². The molecule has 0 aliphatic rings. The van der Waals surface area contributed by atoms with Gasteiger partial charge in [-0.25, -0.2) is 9.37 Å². The second-order valence-electron chi connectivity index (χ2n) is 7.52. The van der Waals surface area contributed by atoms with E-state index in [0.717, 1.165) is 34.3 Å². The van der Waals surface area contributed by atoms with E-state index in [1.807, 2.05) is 42.5 Å². The van der Waals surface area contributed by atoms with Crippen molar-refractivity contribution in [3.05, 3.63) is 78.1 Å². The number of hydrogen-bond donors (Lipinski definition) is 1. The fraction of sp³-hybridized carbons (Fsp3) is 0.160. The fourth-order valence-electron chi connectivity index (χ4n) is 3.85. The van der Waals surface area contributed by atoms with Crippen LogP contribution in [0.5, 0.6) is 11.5 Å². The van der Waals surface area contributed by atoms with Crippen molar-refractivity contribution in [3.63, 3.8) is 0 Å². The van der Waals surface area contributed by atoms with Crippen LogP contribution >= 0.6 is 0 Å². The average molecular weight is 443 g/mol. The number of nitrogens with one attached hydrogen (secondary N) is 1. The monoisotopic (exact) mass is 443 g/mol. The Labute approximate surface area is 189 Å². The van der Waals surface area contributed by atoms with E-state index in [0.29, 0.717) is 29.4 Å². The van der Waals surface area contributed by atoms with Crippen LogP contribution in [-0.4, -0.2) is 40.6 Å². The molecule has 1 N–H and O–H groups in total. The normalized spacial score (nSPS) is 11.1. The summed E-state index contributed by atoms with van der Waals surface area (Å²) in [6.07, 6.45) is 0.768. The van der Waals surface area contributed by atoms with E-state index >= 15 is 0 Å². The maximum atomic E-state index is 13.4. The minimum atomic E-state index is -0.300. The molecular weight excluding hydrogens is 421 g/mol. The van der Waals surface area contributed by atoms with Gasteiger partial charge in [0.1, 0.15) is 17.3 Å².